The summed E-state index contributed by atoms with van der Waals surface area (Å²) >= 11 is 0. The van der Waals surface area contributed by atoms with Gasteiger partial charge in [-0.15, -0.1) is 0 Å². The quantitative estimate of drug-likeness (QED) is 0.773. The Hall–Kier alpha value is 0.0700. The van der Waals surface area contributed by atoms with Crippen LogP contribution in [0.1, 0.15) is 20.8 Å². The van der Waals surface area contributed by atoms with E-state index in [9.17, 15) is 4.57 Å². The molecule has 0 fully saturated rings. The standard InChI is InChI=1S/C6H18N3OP.C4H10O/c1-7(2)11(10,8(3)4)9(5)6;1-4(2,3)5/h1-6H3;5H,1-3H3. The summed E-state index contributed by atoms with van der Waals surface area (Å²) in [5, 5.41) is 8.52. The zero-order valence-corrected chi connectivity index (χ0v) is 13.0. The third kappa shape index (κ3) is 7.36. The molecule has 0 aliphatic rings. The Labute approximate surface area is 101 Å². The molecule has 0 atom stereocenters. The van der Waals surface area contributed by atoms with Gasteiger partial charge in [-0.2, -0.15) is 0 Å². The van der Waals surface area contributed by atoms with Crippen LogP contribution in [0.3, 0.4) is 0 Å². The number of rotatable bonds is 3. The molecule has 5 nitrogen and oxygen atoms in total. The smallest absolute Gasteiger partial charge is 0.285 e. The molecule has 0 saturated heterocycles. The van der Waals surface area contributed by atoms with Crippen molar-refractivity contribution in [2.45, 2.75) is 26.4 Å². The molecule has 0 heterocycles. The van der Waals surface area contributed by atoms with Crippen LogP contribution >= 0.6 is 7.59 Å². The summed E-state index contributed by atoms with van der Waals surface area (Å²) in [6.45, 7) is 5.23. The first-order valence-electron chi connectivity index (χ1n) is 5.19. The molecule has 0 bridgehead atoms. The van der Waals surface area contributed by atoms with E-state index in [4.69, 9.17) is 5.11 Å². The van der Waals surface area contributed by atoms with Crippen molar-refractivity contribution < 1.29 is 9.67 Å². The maximum absolute atomic E-state index is 12.1. The number of aliphatic hydroxyl groups is 1. The Morgan fingerprint density at radius 3 is 0.938 bits per heavy atom. The lowest BCUT2D eigenvalue weighted by molar-refractivity contribution is 0.102. The molecule has 0 aromatic carbocycles. The van der Waals surface area contributed by atoms with Crippen LogP contribution in [-0.2, 0) is 4.57 Å². The average Bonchev–Trinajstić information content (AvgIpc) is 1.98. The summed E-state index contributed by atoms with van der Waals surface area (Å²) in [4.78, 5) is 0. The highest BCUT2D eigenvalue weighted by molar-refractivity contribution is 7.56. The zero-order chi connectivity index (χ0) is 13.7. The molecule has 0 aliphatic heterocycles. The summed E-state index contributed by atoms with van der Waals surface area (Å²) in [6.07, 6.45) is 0. The van der Waals surface area contributed by atoms with Crippen molar-refractivity contribution in [2.24, 2.45) is 0 Å². The summed E-state index contributed by atoms with van der Waals surface area (Å²) in [5.41, 5.74) is -0.500. The fourth-order valence-electron chi connectivity index (χ4n) is 1.07. The minimum Gasteiger partial charge on any atom is -0.391 e. The molecule has 0 aromatic rings. The largest absolute Gasteiger partial charge is 0.391 e. The van der Waals surface area contributed by atoms with Crippen LogP contribution < -0.4 is 0 Å². The van der Waals surface area contributed by atoms with Gasteiger partial charge in [-0.3, -0.25) is 4.57 Å². The van der Waals surface area contributed by atoms with Crippen LogP contribution in [0.5, 0.6) is 0 Å². The molecule has 0 aliphatic carbocycles. The SMILES string of the molecule is CC(C)(C)O.CN(C)P(=O)(N(C)C)N(C)C. The second kappa shape index (κ2) is 6.72. The lowest BCUT2D eigenvalue weighted by atomic mass is 10.2. The molecule has 100 valence electrons. The summed E-state index contributed by atoms with van der Waals surface area (Å²) in [6, 6.07) is 0. The van der Waals surface area contributed by atoms with Crippen molar-refractivity contribution in [1.29, 1.82) is 0 Å². The van der Waals surface area contributed by atoms with Crippen molar-refractivity contribution in [3.05, 3.63) is 0 Å². The predicted octanol–water partition coefficient (Wildman–Crippen LogP) is 1.56. The van der Waals surface area contributed by atoms with E-state index in [1.165, 1.54) is 0 Å². The lowest BCUT2D eigenvalue weighted by Gasteiger charge is -2.34. The van der Waals surface area contributed by atoms with Gasteiger partial charge in [-0.05, 0) is 63.1 Å². The second-order valence-corrected chi connectivity index (χ2v) is 8.65. The monoisotopic (exact) mass is 253 g/mol. The second-order valence-electron chi connectivity index (χ2n) is 5.23. The topological polar surface area (TPSA) is 47.0 Å². The van der Waals surface area contributed by atoms with E-state index in [1.807, 2.05) is 42.3 Å². The van der Waals surface area contributed by atoms with Crippen LogP contribution in [0.2, 0.25) is 0 Å². The maximum atomic E-state index is 12.1. The van der Waals surface area contributed by atoms with E-state index in [0.29, 0.717) is 0 Å². The molecular formula is C10H28N3O2P. The fourth-order valence-corrected chi connectivity index (χ4v) is 3.22. The molecule has 0 rings (SSSR count). The summed E-state index contributed by atoms with van der Waals surface area (Å²) in [5.74, 6) is 0. The van der Waals surface area contributed by atoms with E-state index in [2.05, 4.69) is 0 Å². The Morgan fingerprint density at radius 1 is 0.812 bits per heavy atom. The summed E-state index contributed by atoms with van der Waals surface area (Å²) < 4.78 is 17.3. The van der Waals surface area contributed by atoms with Crippen molar-refractivity contribution in [3.63, 3.8) is 0 Å². The van der Waals surface area contributed by atoms with Gasteiger partial charge in [-0.1, -0.05) is 0 Å². The molecule has 0 radical (unpaired) electrons. The van der Waals surface area contributed by atoms with E-state index in [0.717, 1.165) is 0 Å². The molecule has 1 N–H and O–H groups in total. The average molecular weight is 253 g/mol. The molecule has 0 unspecified atom stereocenters. The first-order chi connectivity index (χ1) is 6.83. The Kier molecular flexibility index (Phi) is 7.74. The number of hydrogen-bond donors (Lipinski definition) is 1. The van der Waals surface area contributed by atoms with E-state index in [-0.39, 0.29) is 0 Å². The first kappa shape index (κ1) is 18.4. The minimum absolute atomic E-state index is 0.500. The van der Waals surface area contributed by atoms with Gasteiger partial charge in [0.25, 0.3) is 7.59 Å². The Balaban J connectivity index is 0. The Bertz CT molecular complexity index is 200. The highest BCUT2D eigenvalue weighted by Gasteiger charge is 2.30. The highest BCUT2D eigenvalue weighted by atomic mass is 31.2. The van der Waals surface area contributed by atoms with Gasteiger partial charge in [-0.25, -0.2) is 14.0 Å². The van der Waals surface area contributed by atoms with Gasteiger partial charge >= 0.3 is 0 Å². The minimum atomic E-state index is -2.44. The van der Waals surface area contributed by atoms with Crippen molar-refractivity contribution in [2.75, 3.05) is 42.3 Å². The third-order valence-electron chi connectivity index (χ3n) is 1.56. The summed E-state index contributed by atoms with van der Waals surface area (Å²) in [7, 11) is 8.49. The van der Waals surface area contributed by atoms with Gasteiger partial charge in [0.15, 0.2) is 0 Å². The zero-order valence-electron chi connectivity index (χ0n) is 12.1. The van der Waals surface area contributed by atoms with Crippen molar-refractivity contribution in [1.82, 2.24) is 14.0 Å². The molecule has 0 spiro atoms. The highest BCUT2D eigenvalue weighted by Crippen LogP contribution is 2.50. The van der Waals surface area contributed by atoms with E-state index in [1.54, 1.807) is 34.8 Å². The van der Waals surface area contributed by atoms with Gasteiger partial charge < -0.3 is 5.11 Å². The van der Waals surface area contributed by atoms with Crippen LogP contribution in [0.25, 0.3) is 0 Å². The van der Waals surface area contributed by atoms with Crippen molar-refractivity contribution >= 4 is 7.59 Å². The third-order valence-corrected chi connectivity index (χ3v) is 4.69. The molecule has 0 amide bonds. The number of nitrogens with zero attached hydrogens (tertiary/aromatic N) is 3. The van der Waals surface area contributed by atoms with Crippen LogP contribution in [0.4, 0.5) is 0 Å². The van der Waals surface area contributed by atoms with Gasteiger partial charge in [0, 0.05) is 0 Å². The molecule has 16 heavy (non-hydrogen) atoms. The predicted molar refractivity (Wildman–Crippen MR) is 70.6 cm³/mol. The molecular weight excluding hydrogens is 225 g/mol. The van der Waals surface area contributed by atoms with Gasteiger partial charge in [0.05, 0.1) is 5.60 Å². The maximum Gasteiger partial charge on any atom is 0.285 e. The van der Waals surface area contributed by atoms with E-state index < -0.39 is 13.2 Å². The molecule has 6 heteroatoms. The first-order valence-corrected chi connectivity index (χ1v) is 6.75. The van der Waals surface area contributed by atoms with Crippen LogP contribution in [-0.4, -0.2) is 67.0 Å². The van der Waals surface area contributed by atoms with Gasteiger partial charge in [0.1, 0.15) is 0 Å². The molecule has 0 saturated carbocycles. The van der Waals surface area contributed by atoms with Crippen LogP contribution in [0.15, 0.2) is 0 Å². The van der Waals surface area contributed by atoms with Crippen molar-refractivity contribution in [3.8, 4) is 0 Å². The fraction of sp³-hybridized carbons (Fsp3) is 1.00. The normalized spacial score (nSPS) is 13.1. The van der Waals surface area contributed by atoms with E-state index >= 15 is 0 Å². The number of hydrogen-bond acceptors (Lipinski definition) is 2. The molecule has 0 aromatic heterocycles. The lowest BCUT2D eigenvalue weighted by Crippen LogP contribution is -2.30. The Morgan fingerprint density at radius 2 is 0.938 bits per heavy atom. The van der Waals surface area contributed by atoms with Crippen LogP contribution in [0, 0.1) is 0 Å². The van der Waals surface area contributed by atoms with Gasteiger partial charge in [0.2, 0.25) is 0 Å².